The summed E-state index contributed by atoms with van der Waals surface area (Å²) in [6.45, 7) is 0. The molecule has 4 rings (SSSR count). The van der Waals surface area contributed by atoms with Gasteiger partial charge in [0.1, 0.15) is 6.04 Å². The van der Waals surface area contributed by atoms with Gasteiger partial charge in [-0.1, -0.05) is 61.2 Å². The molecule has 1 atom stereocenters. The topological polar surface area (TPSA) is 55.6 Å². The Kier molecular flexibility index (Phi) is 3.74. The highest BCUT2D eigenvalue weighted by Gasteiger charge is 2.24. The molecule has 0 spiro atoms. The van der Waals surface area contributed by atoms with Crippen LogP contribution in [0.15, 0.2) is 63.6 Å². The number of nitrogens with one attached hydrogen (secondary N) is 1. The van der Waals surface area contributed by atoms with E-state index in [1.165, 1.54) is 0 Å². The maximum Gasteiger partial charge on any atom is 0.248 e. The molecule has 2 aromatic carbocycles. The van der Waals surface area contributed by atoms with Crippen LogP contribution in [-0.4, -0.2) is 20.2 Å². The summed E-state index contributed by atoms with van der Waals surface area (Å²) in [5.74, 6) is 0.635. The summed E-state index contributed by atoms with van der Waals surface area (Å²) in [7, 11) is 0. The third-order valence-electron chi connectivity index (χ3n) is 3.67. The fraction of sp³-hybridized carbons (Fsp3) is 0.0625. The van der Waals surface area contributed by atoms with E-state index < -0.39 is 0 Å². The molecule has 7 heteroatoms. The zero-order valence-electron chi connectivity index (χ0n) is 11.8. The Morgan fingerprint density at radius 1 is 1.00 bits per heavy atom. The third-order valence-corrected chi connectivity index (χ3v) is 4.69. The number of hydrogen-bond donors (Lipinski definition) is 1. The van der Waals surface area contributed by atoms with Gasteiger partial charge in [0.25, 0.3) is 0 Å². The summed E-state index contributed by atoms with van der Waals surface area (Å²) < 4.78 is 3.86. The van der Waals surface area contributed by atoms with E-state index in [-0.39, 0.29) is 6.04 Å². The van der Waals surface area contributed by atoms with E-state index in [9.17, 15) is 0 Å². The van der Waals surface area contributed by atoms with Gasteiger partial charge in [-0.05, 0) is 51.9 Å². The van der Waals surface area contributed by atoms with Crippen molar-refractivity contribution in [1.82, 2.24) is 20.2 Å². The van der Waals surface area contributed by atoms with Gasteiger partial charge in [-0.2, -0.15) is 4.68 Å². The van der Waals surface area contributed by atoms with E-state index in [1.54, 1.807) is 4.68 Å². The van der Waals surface area contributed by atoms with Gasteiger partial charge in [0.05, 0.1) is 0 Å². The van der Waals surface area contributed by atoms with E-state index in [4.69, 9.17) is 0 Å². The normalized spacial score (nSPS) is 16.4. The highest BCUT2D eigenvalue weighted by atomic mass is 79.9. The lowest BCUT2D eigenvalue weighted by molar-refractivity contribution is 0.585. The molecule has 1 aliphatic rings. The smallest absolute Gasteiger partial charge is 0.248 e. The van der Waals surface area contributed by atoms with Crippen molar-refractivity contribution < 1.29 is 0 Å². The molecule has 1 aromatic heterocycles. The van der Waals surface area contributed by atoms with Gasteiger partial charge in [0, 0.05) is 14.6 Å². The first kappa shape index (κ1) is 14.6. The van der Waals surface area contributed by atoms with Crippen molar-refractivity contribution in [2.75, 3.05) is 5.32 Å². The van der Waals surface area contributed by atoms with Crippen molar-refractivity contribution in [3.63, 3.8) is 0 Å². The summed E-state index contributed by atoms with van der Waals surface area (Å²) in [5, 5.41) is 15.3. The van der Waals surface area contributed by atoms with Crippen LogP contribution >= 0.6 is 31.9 Å². The first-order valence-electron chi connectivity index (χ1n) is 6.99. The van der Waals surface area contributed by atoms with Gasteiger partial charge in [-0.3, -0.25) is 0 Å². The van der Waals surface area contributed by atoms with Gasteiger partial charge >= 0.3 is 0 Å². The molecule has 0 fully saturated rings. The fourth-order valence-electron chi connectivity index (χ4n) is 2.58. The summed E-state index contributed by atoms with van der Waals surface area (Å²) in [6, 6.07) is 16.3. The Balaban J connectivity index is 1.81. The second kappa shape index (κ2) is 5.90. The Labute approximate surface area is 149 Å². The van der Waals surface area contributed by atoms with Crippen LogP contribution in [-0.2, 0) is 0 Å². The van der Waals surface area contributed by atoms with E-state index in [0.717, 1.165) is 25.8 Å². The van der Waals surface area contributed by atoms with Crippen LogP contribution in [0.25, 0.3) is 5.70 Å². The van der Waals surface area contributed by atoms with Crippen LogP contribution in [0, 0.1) is 0 Å². The molecule has 0 saturated heterocycles. The largest absolute Gasteiger partial charge is 0.323 e. The van der Waals surface area contributed by atoms with Crippen molar-refractivity contribution in [2.45, 2.75) is 6.04 Å². The maximum absolute atomic E-state index is 4.11. The molecule has 114 valence electrons. The number of aromatic nitrogens is 4. The molecule has 2 heterocycles. The number of benzene rings is 2. The van der Waals surface area contributed by atoms with Crippen LogP contribution < -0.4 is 5.32 Å². The van der Waals surface area contributed by atoms with Gasteiger partial charge in [0.15, 0.2) is 0 Å². The average Bonchev–Trinajstić information content (AvgIpc) is 3.03. The number of nitrogens with zero attached hydrogens (tertiary/aromatic N) is 4. The molecule has 5 nitrogen and oxygen atoms in total. The molecular weight excluding hydrogens is 422 g/mol. The Morgan fingerprint density at radius 2 is 1.83 bits per heavy atom. The van der Waals surface area contributed by atoms with Crippen molar-refractivity contribution in [3.8, 4) is 0 Å². The van der Waals surface area contributed by atoms with Crippen molar-refractivity contribution >= 4 is 43.5 Å². The van der Waals surface area contributed by atoms with Crippen LogP contribution in [0.1, 0.15) is 17.2 Å². The summed E-state index contributed by atoms with van der Waals surface area (Å²) >= 11 is 6.99. The maximum atomic E-state index is 4.11. The monoisotopic (exact) mass is 431 g/mol. The number of allylic oxidation sites excluding steroid dienone is 1. The van der Waals surface area contributed by atoms with Crippen LogP contribution in [0.2, 0.25) is 0 Å². The second-order valence-corrected chi connectivity index (χ2v) is 6.99. The number of anilines is 1. The van der Waals surface area contributed by atoms with Crippen molar-refractivity contribution in [1.29, 1.82) is 0 Å². The summed E-state index contributed by atoms with van der Waals surface area (Å²) in [6.07, 6.45) is 2.13. The minimum atomic E-state index is -0.0580. The Hall–Kier alpha value is -1.99. The molecule has 1 aliphatic heterocycles. The first-order chi connectivity index (χ1) is 11.2. The highest BCUT2D eigenvalue weighted by molar-refractivity contribution is 9.10. The van der Waals surface area contributed by atoms with Crippen molar-refractivity contribution in [2.24, 2.45) is 0 Å². The number of tetrazole rings is 1. The lowest BCUT2D eigenvalue weighted by Crippen LogP contribution is -2.20. The molecule has 0 aliphatic carbocycles. The number of rotatable bonds is 2. The summed E-state index contributed by atoms with van der Waals surface area (Å²) in [4.78, 5) is 0. The SMILES string of the molecule is Brc1ccc(C2=C[C@@H](c3cccc(Br)c3)n3nnnc3N2)cc1. The van der Waals surface area contributed by atoms with Crippen LogP contribution in [0.3, 0.4) is 0 Å². The predicted molar refractivity (Wildman–Crippen MR) is 95.8 cm³/mol. The summed E-state index contributed by atoms with van der Waals surface area (Å²) in [5.41, 5.74) is 3.19. The van der Waals surface area contributed by atoms with E-state index in [1.807, 2.05) is 24.3 Å². The van der Waals surface area contributed by atoms with Crippen LogP contribution in [0.5, 0.6) is 0 Å². The standard InChI is InChI=1S/C16H11Br2N5/c17-12-6-4-10(5-7-12)14-9-15(11-2-1-3-13(18)8-11)23-16(19-14)20-21-22-23/h1-9,15H,(H,19,20,22)/t15-/m0/s1. The lowest BCUT2D eigenvalue weighted by Gasteiger charge is -2.23. The molecule has 3 aromatic rings. The minimum absolute atomic E-state index is 0.0580. The molecule has 23 heavy (non-hydrogen) atoms. The second-order valence-electron chi connectivity index (χ2n) is 5.16. The predicted octanol–water partition coefficient (Wildman–Crippen LogP) is 4.25. The number of halogens is 2. The van der Waals surface area contributed by atoms with Crippen LogP contribution in [0.4, 0.5) is 5.95 Å². The molecule has 0 unspecified atom stereocenters. The van der Waals surface area contributed by atoms with E-state index in [0.29, 0.717) is 5.95 Å². The molecule has 1 N–H and O–H groups in total. The number of hydrogen-bond acceptors (Lipinski definition) is 4. The molecule has 0 bridgehead atoms. The minimum Gasteiger partial charge on any atom is -0.323 e. The zero-order chi connectivity index (χ0) is 15.8. The molecule has 0 amide bonds. The molecule has 0 saturated carbocycles. The van der Waals surface area contributed by atoms with E-state index in [2.05, 4.69) is 83.0 Å². The highest BCUT2D eigenvalue weighted by Crippen LogP contribution is 2.32. The van der Waals surface area contributed by atoms with Gasteiger partial charge in [-0.15, -0.1) is 0 Å². The lowest BCUT2D eigenvalue weighted by atomic mass is 10.0. The fourth-order valence-corrected chi connectivity index (χ4v) is 3.26. The average molecular weight is 433 g/mol. The van der Waals surface area contributed by atoms with Gasteiger partial charge < -0.3 is 5.32 Å². The number of fused-ring (bicyclic) bond motifs is 1. The third kappa shape index (κ3) is 2.82. The quantitative estimate of drug-likeness (QED) is 0.657. The Bertz CT molecular complexity index is 885. The van der Waals surface area contributed by atoms with Gasteiger partial charge in [-0.25, -0.2) is 0 Å². The van der Waals surface area contributed by atoms with Crippen molar-refractivity contribution in [3.05, 3.63) is 74.7 Å². The molecule has 0 radical (unpaired) electrons. The Morgan fingerprint density at radius 3 is 2.61 bits per heavy atom. The molecular formula is C16H11Br2N5. The first-order valence-corrected chi connectivity index (χ1v) is 8.57. The van der Waals surface area contributed by atoms with E-state index >= 15 is 0 Å². The zero-order valence-corrected chi connectivity index (χ0v) is 15.0. The van der Waals surface area contributed by atoms with Gasteiger partial charge in [0.2, 0.25) is 5.95 Å².